The third-order valence-electron chi connectivity index (χ3n) is 2.46. The lowest BCUT2D eigenvalue weighted by Crippen LogP contribution is -1.97. The lowest BCUT2D eigenvalue weighted by molar-refractivity contribution is 0.397. The maximum Gasteiger partial charge on any atom is 0.232 e. The average molecular weight is 226 g/mol. The number of rotatable bonds is 2. The van der Waals surface area contributed by atoms with E-state index in [0.717, 1.165) is 11.3 Å². The molecule has 17 heavy (non-hydrogen) atoms. The smallest absolute Gasteiger partial charge is 0.232 e. The van der Waals surface area contributed by atoms with Crippen molar-refractivity contribution in [2.45, 2.75) is 0 Å². The van der Waals surface area contributed by atoms with Crippen LogP contribution in [0.1, 0.15) is 0 Å². The van der Waals surface area contributed by atoms with Crippen molar-refractivity contribution in [3.8, 4) is 11.6 Å². The molecule has 0 spiro atoms. The van der Waals surface area contributed by atoms with E-state index in [1.165, 1.54) is 0 Å². The Morgan fingerprint density at radius 1 is 1.12 bits per heavy atom. The van der Waals surface area contributed by atoms with Gasteiger partial charge in [-0.1, -0.05) is 18.2 Å². The van der Waals surface area contributed by atoms with Crippen molar-refractivity contribution in [1.29, 1.82) is 0 Å². The maximum atomic E-state index is 5.03. The maximum absolute atomic E-state index is 5.03. The number of hydrogen-bond donors (Lipinski definition) is 0. The Labute approximate surface area is 97.7 Å². The van der Waals surface area contributed by atoms with Crippen molar-refractivity contribution in [3.63, 3.8) is 0 Å². The Balaban J connectivity index is 2.19. The fourth-order valence-electron chi connectivity index (χ4n) is 1.65. The molecular weight excluding hydrogens is 216 g/mol. The van der Waals surface area contributed by atoms with Gasteiger partial charge in [0.05, 0.1) is 25.2 Å². The molecule has 0 bridgehead atoms. The monoisotopic (exact) mass is 226 g/mol. The van der Waals surface area contributed by atoms with Crippen molar-refractivity contribution in [1.82, 2.24) is 19.7 Å². The van der Waals surface area contributed by atoms with Crippen LogP contribution in [0.5, 0.6) is 5.88 Å². The van der Waals surface area contributed by atoms with Crippen LogP contribution in [0.2, 0.25) is 0 Å². The summed E-state index contributed by atoms with van der Waals surface area (Å²) < 4.78 is 6.78. The summed E-state index contributed by atoms with van der Waals surface area (Å²) in [6, 6.07) is 9.82. The van der Waals surface area contributed by atoms with Gasteiger partial charge >= 0.3 is 0 Å². The van der Waals surface area contributed by atoms with Crippen LogP contribution in [0.4, 0.5) is 0 Å². The second-order valence-corrected chi connectivity index (χ2v) is 3.51. The number of para-hydroxylation sites is 1. The molecule has 2 aromatic heterocycles. The fraction of sp³-hybridized carbons (Fsp3) is 0.0833. The van der Waals surface area contributed by atoms with E-state index >= 15 is 0 Å². The molecule has 84 valence electrons. The summed E-state index contributed by atoms with van der Waals surface area (Å²) in [5.41, 5.74) is 2.40. The van der Waals surface area contributed by atoms with Crippen LogP contribution in [0.25, 0.3) is 16.9 Å². The van der Waals surface area contributed by atoms with Crippen molar-refractivity contribution in [3.05, 3.63) is 42.7 Å². The average Bonchev–Trinajstić information content (AvgIpc) is 2.82. The molecule has 5 nitrogen and oxygen atoms in total. The zero-order chi connectivity index (χ0) is 11.7. The summed E-state index contributed by atoms with van der Waals surface area (Å²) in [6.45, 7) is 0. The molecule has 0 N–H and O–H groups in total. The summed E-state index contributed by atoms with van der Waals surface area (Å²) in [5, 5.41) is 4.28. The molecule has 0 saturated carbocycles. The van der Waals surface area contributed by atoms with Gasteiger partial charge in [0.2, 0.25) is 5.88 Å². The number of methoxy groups -OCH3 is 1. The number of hydrogen-bond acceptors (Lipinski definition) is 4. The van der Waals surface area contributed by atoms with Crippen molar-refractivity contribution < 1.29 is 4.74 Å². The van der Waals surface area contributed by atoms with E-state index < -0.39 is 0 Å². The Morgan fingerprint density at radius 3 is 2.71 bits per heavy atom. The van der Waals surface area contributed by atoms with Crippen LogP contribution < -0.4 is 4.74 Å². The number of aromatic nitrogens is 4. The second-order valence-electron chi connectivity index (χ2n) is 3.51. The molecule has 0 atom stereocenters. The predicted molar refractivity (Wildman–Crippen MR) is 63.2 cm³/mol. The summed E-state index contributed by atoms with van der Waals surface area (Å²) >= 11 is 0. The van der Waals surface area contributed by atoms with Gasteiger partial charge in [0.1, 0.15) is 5.52 Å². The van der Waals surface area contributed by atoms with Gasteiger partial charge < -0.3 is 4.74 Å². The molecule has 3 rings (SSSR count). The Bertz CT molecular complexity index is 648. The van der Waals surface area contributed by atoms with Crippen molar-refractivity contribution >= 4 is 11.2 Å². The first-order valence-electron chi connectivity index (χ1n) is 5.18. The van der Waals surface area contributed by atoms with Gasteiger partial charge in [-0.25, -0.2) is 14.6 Å². The summed E-state index contributed by atoms with van der Waals surface area (Å²) in [7, 11) is 1.57. The Kier molecular flexibility index (Phi) is 2.22. The zero-order valence-corrected chi connectivity index (χ0v) is 9.24. The first-order chi connectivity index (χ1) is 8.38. The SMILES string of the molecule is COc1cnc2c(cnn2-c2ccccc2)n1. The normalized spacial score (nSPS) is 10.6. The van der Waals surface area contributed by atoms with Crippen LogP contribution in [-0.4, -0.2) is 26.9 Å². The zero-order valence-electron chi connectivity index (χ0n) is 9.24. The minimum absolute atomic E-state index is 0.491. The van der Waals surface area contributed by atoms with E-state index in [-0.39, 0.29) is 0 Å². The quantitative estimate of drug-likeness (QED) is 0.668. The van der Waals surface area contributed by atoms with Gasteiger partial charge in [-0.15, -0.1) is 0 Å². The third kappa shape index (κ3) is 1.61. The largest absolute Gasteiger partial charge is 0.480 e. The van der Waals surface area contributed by atoms with Crippen molar-refractivity contribution in [2.75, 3.05) is 7.11 Å². The highest BCUT2D eigenvalue weighted by molar-refractivity contribution is 5.71. The molecule has 0 radical (unpaired) electrons. The fourth-order valence-corrected chi connectivity index (χ4v) is 1.65. The van der Waals surface area contributed by atoms with Crippen LogP contribution >= 0.6 is 0 Å². The molecule has 0 fully saturated rings. The third-order valence-corrected chi connectivity index (χ3v) is 2.46. The van der Waals surface area contributed by atoms with Gasteiger partial charge in [-0.2, -0.15) is 5.10 Å². The van der Waals surface area contributed by atoms with E-state index in [1.54, 1.807) is 24.2 Å². The molecular formula is C12H10N4O. The number of nitrogens with zero attached hydrogens (tertiary/aromatic N) is 4. The van der Waals surface area contributed by atoms with Gasteiger partial charge in [0, 0.05) is 0 Å². The van der Waals surface area contributed by atoms with Crippen LogP contribution in [0.15, 0.2) is 42.7 Å². The van der Waals surface area contributed by atoms with Crippen LogP contribution in [0, 0.1) is 0 Å². The number of fused-ring (bicyclic) bond motifs is 1. The Morgan fingerprint density at radius 2 is 1.94 bits per heavy atom. The topological polar surface area (TPSA) is 52.8 Å². The van der Waals surface area contributed by atoms with Gasteiger partial charge in [-0.05, 0) is 12.1 Å². The van der Waals surface area contributed by atoms with Crippen LogP contribution in [0.3, 0.4) is 0 Å². The van der Waals surface area contributed by atoms with E-state index in [9.17, 15) is 0 Å². The summed E-state index contributed by atoms with van der Waals surface area (Å²) in [6.07, 6.45) is 3.27. The molecule has 0 unspecified atom stereocenters. The minimum Gasteiger partial charge on any atom is -0.480 e. The van der Waals surface area contributed by atoms with Crippen LogP contribution in [-0.2, 0) is 0 Å². The molecule has 3 aromatic rings. The van der Waals surface area contributed by atoms with Gasteiger partial charge in [0.25, 0.3) is 0 Å². The molecule has 0 aliphatic carbocycles. The molecule has 0 aliphatic heterocycles. The van der Waals surface area contributed by atoms with E-state index in [0.29, 0.717) is 11.4 Å². The lowest BCUT2D eigenvalue weighted by atomic mass is 10.3. The van der Waals surface area contributed by atoms with E-state index in [1.807, 2.05) is 30.3 Å². The van der Waals surface area contributed by atoms with Gasteiger partial charge in [-0.3, -0.25) is 0 Å². The summed E-state index contributed by atoms with van der Waals surface area (Å²) in [4.78, 5) is 8.57. The molecule has 0 amide bonds. The van der Waals surface area contributed by atoms with E-state index in [2.05, 4.69) is 15.1 Å². The highest BCUT2D eigenvalue weighted by atomic mass is 16.5. The first kappa shape index (κ1) is 9.77. The molecule has 5 heteroatoms. The number of benzene rings is 1. The molecule has 0 saturated heterocycles. The number of ether oxygens (including phenoxy) is 1. The predicted octanol–water partition coefficient (Wildman–Crippen LogP) is 1.82. The standard InChI is InChI=1S/C12H10N4O/c1-17-11-8-13-12-10(15-11)7-14-16(12)9-5-3-2-4-6-9/h2-8H,1H3. The first-order valence-corrected chi connectivity index (χ1v) is 5.18. The molecule has 0 aliphatic rings. The highest BCUT2D eigenvalue weighted by Gasteiger charge is 2.07. The Hall–Kier alpha value is -2.43. The minimum atomic E-state index is 0.491. The molecule has 2 heterocycles. The highest BCUT2D eigenvalue weighted by Crippen LogP contribution is 2.16. The molecule has 1 aromatic carbocycles. The second kappa shape index (κ2) is 3.86. The van der Waals surface area contributed by atoms with Gasteiger partial charge in [0.15, 0.2) is 5.65 Å². The summed E-state index contributed by atoms with van der Waals surface area (Å²) in [5.74, 6) is 0.491. The lowest BCUT2D eigenvalue weighted by Gasteiger charge is -2.02. The van der Waals surface area contributed by atoms with E-state index in [4.69, 9.17) is 4.74 Å². The van der Waals surface area contributed by atoms with Crippen molar-refractivity contribution in [2.24, 2.45) is 0 Å².